The van der Waals surface area contributed by atoms with Gasteiger partial charge >= 0.3 is 6.18 Å². The number of hydrogen-bond donors (Lipinski definition) is 3. The average Bonchev–Trinajstić information content (AvgIpc) is 2.62. The maximum absolute atomic E-state index is 13.7. The quantitative estimate of drug-likeness (QED) is 0.562. The minimum Gasteiger partial charge on any atom is -0.481 e. The number of nitrogens with one attached hydrogen (secondary N) is 1. The van der Waals surface area contributed by atoms with Gasteiger partial charge in [-0.3, -0.25) is 0 Å². The van der Waals surface area contributed by atoms with E-state index in [1.165, 1.54) is 13.2 Å². The van der Waals surface area contributed by atoms with Crippen LogP contribution in [0.4, 0.5) is 36.3 Å². The summed E-state index contributed by atoms with van der Waals surface area (Å²) in [5, 5.41) is 2.88. The van der Waals surface area contributed by atoms with Gasteiger partial charge in [-0.1, -0.05) is 12.1 Å². The van der Waals surface area contributed by atoms with E-state index in [1.807, 2.05) is 0 Å². The van der Waals surface area contributed by atoms with E-state index in [9.17, 15) is 13.2 Å². The smallest absolute Gasteiger partial charge is 0.422 e. The van der Waals surface area contributed by atoms with Gasteiger partial charge in [-0.25, -0.2) is 9.97 Å². The van der Waals surface area contributed by atoms with Crippen molar-refractivity contribution in [2.45, 2.75) is 20.0 Å². The lowest BCUT2D eigenvalue weighted by molar-refractivity contribution is -0.136. The number of nitrogen functional groups attached to an aromatic ring is 2. The fraction of sp³-hybridized carbons (Fsp3) is 0.211. The number of ether oxygens (including phenoxy) is 1. The van der Waals surface area contributed by atoms with Crippen LogP contribution in [0.2, 0.25) is 0 Å². The van der Waals surface area contributed by atoms with Crippen molar-refractivity contribution >= 4 is 23.1 Å². The van der Waals surface area contributed by atoms with E-state index in [4.69, 9.17) is 16.2 Å². The molecule has 0 saturated heterocycles. The second-order valence-corrected chi connectivity index (χ2v) is 6.41. The third kappa shape index (κ3) is 4.15. The monoisotopic (exact) mass is 404 g/mol. The first-order chi connectivity index (χ1) is 13.6. The summed E-state index contributed by atoms with van der Waals surface area (Å²) in [6.45, 7) is 3.55. The molecule has 0 saturated carbocycles. The van der Waals surface area contributed by atoms with Crippen LogP contribution in [0.1, 0.15) is 16.7 Å². The summed E-state index contributed by atoms with van der Waals surface area (Å²) in [6.07, 6.45) is -3.21. The fourth-order valence-corrected chi connectivity index (χ4v) is 2.78. The first kappa shape index (κ1) is 20.2. The summed E-state index contributed by atoms with van der Waals surface area (Å²) in [5.74, 6) is -0.494. The highest BCUT2D eigenvalue weighted by Crippen LogP contribution is 2.41. The van der Waals surface area contributed by atoms with Gasteiger partial charge in [-0.15, -0.1) is 0 Å². The molecule has 0 radical (unpaired) electrons. The second kappa shape index (κ2) is 7.46. The summed E-state index contributed by atoms with van der Waals surface area (Å²) in [6, 6.07) is 6.27. The van der Waals surface area contributed by atoms with E-state index >= 15 is 0 Å². The van der Waals surface area contributed by atoms with Crippen LogP contribution >= 0.6 is 0 Å². The molecule has 5 N–H and O–H groups in total. The van der Waals surface area contributed by atoms with Gasteiger partial charge in [0.05, 0.1) is 18.5 Å². The van der Waals surface area contributed by atoms with Crippen molar-refractivity contribution in [1.82, 2.24) is 15.0 Å². The molecule has 29 heavy (non-hydrogen) atoms. The Bertz CT molecular complexity index is 1070. The van der Waals surface area contributed by atoms with E-state index in [1.54, 1.807) is 38.2 Å². The van der Waals surface area contributed by atoms with Gasteiger partial charge in [-0.2, -0.15) is 18.2 Å². The number of pyridine rings is 1. The van der Waals surface area contributed by atoms with Crippen molar-refractivity contribution in [3.63, 3.8) is 0 Å². The lowest BCUT2D eigenvalue weighted by atomic mass is 10.0. The molecule has 0 aliphatic heterocycles. The molecule has 0 aliphatic rings. The van der Waals surface area contributed by atoms with Crippen molar-refractivity contribution in [2.24, 2.45) is 0 Å². The predicted molar refractivity (Wildman–Crippen MR) is 105 cm³/mol. The normalized spacial score (nSPS) is 11.4. The summed E-state index contributed by atoms with van der Waals surface area (Å²) in [5.41, 5.74) is 12.4. The summed E-state index contributed by atoms with van der Waals surface area (Å²) in [7, 11) is 1.45. The molecule has 2 aromatic heterocycles. The number of halogens is 3. The Morgan fingerprint density at radius 2 is 1.79 bits per heavy atom. The van der Waals surface area contributed by atoms with Crippen LogP contribution in [0.5, 0.6) is 5.88 Å². The van der Waals surface area contributed by atoms with Crippen LogP contribution < -0.4 is 21.5 Å². The van der Waals surface area contributed by atoms with Crippen molar-refractivity contribution < 1.29 is 17.9 Å². The molecule has 3 rings (SSSR count). The molecule has 7 nitrogen and oxygen atoms in total. The minimum atomic E-state index is -4.76. The third-order valence-electron chi connectivity index (χ3n) is 4.22. The van der Waals surface area contributed by atoms with E-state index < -0.39 is 23.3 Å². The number of rotatable bonds is 4. The van der Waals surface area contributed by atoms with E-state index in [0.717, 1.165) is 5.56 Å². The number of aryl methyl sites for hydroxylation is 2. The Balaban J connectivity index is 2.18. The molecular formula is C19H19F3N6O. The van der Waals surface area contributed by atoms with Crippen LogP contribution in [0, 0.1) is 13.8 Å². The summed E-state index contributed by atoms with van der Waals surface area (Å²) < 4.78 is 46.1. The molecule has 0 amide bonds. The number of nitrogens with zero attached hydrogens (tertiary/aromatic N) is 3. The third-order valence-corrected chi connectivity index (χ3v) is 4.22. The Labute approximate surface area is 165 Å². The fourth-order valence-electron chi connectivity index (χ4n) is 2.78. The molecule has 0 atom stereocenters. The van der Waals surface area contributed by atoms with Crippen molar-refractivity contribution in [1.29, 1.82) is 0 Å². The standard InChI is InChI=1S/C19H19F3N6O/c1-9-4-5-11(12(23)6-9)16-15(19(20,21)22)17(24)28-18(27-16)26-13-7-14(29-3)25-8-10(13)2/h4-8H,23H2,1-3H3,(H3,24,25,26,27,28). The van der Waals surface area contributed by atoms with Crippen LogP contribution in [0.25, 0.3) is 11.3 Å². The highest BCUT2D eigenvalue weighted by atomic mass is 19.4. The molecule has 10 heteroatoms. The lowest BCUT2D eigenvalue weighted by Gasteiger charge is -2.18. The molecule has 3 aromatic rings. The van der Waals surface area contributed by atoms with Crippen molar-refractivity contribution in [3.05, 3.63) is 47.2 Å². The average molecular weight is 404 g/mol. The van der Waals surface area contributed by atoms with E-state index in [0.29, 0.717) is 17.1 Å². The number of aromatic nitrogens is 3. The summed E-state index contributed by atoms with van der Waals surface area (Å²) >= 11 is 0. The molecule has 0 bridgehead atoms. The minimum absolute atomic E-state index is 0.109. The Morgan fingerprint density at radius 3 is 2.41 bits per heavy atom. The Morgan fingerprint density at radius 1 is 1.07 bits per heavy atom. The molecule has 0 aliphatic carbocycles. The number of anilines is 4. The van der Waals surface area contributed by atoms with Gasteiger partial charge in [0.25, 0.3) is 0 Å². The first-order valence-electron chi connectivity index (χ1n) is 8.49. The lowest BCUT2D eigenvalue weighted by Crippen LogP contribution is -2.16. The highest BCUT2D eigenvalue weighted by Gasteiger charge is 2.39. The number of alkyl halides is 3. The van der Waals surface area contributed by atoms with Crippen molar-refractivity contribution in [2.75, 3.05) is 23.9 Å². The van der Waals surface area contributed by atoms with Gasteiger partial charge in [0, 0.05) is 23.5 Å². The van der Waals surface area contributed by atoms with Gasteiger partial charge in [0.1, 0.15) is 11.4 Å². The SMILES string of the molecule is COc1cc(Nc2nc(N)c(C(F)(F)F)c(-c3ccc(C)cc3N)n2)c(C)cn1. The van der Waals surface area contributed by atoms with Gasteiger partial charge in [0.2, 0.25) is 11.8 Å². The maximum atomic E-state index is 13.7. The van der Waals surface area contributed by atoms with Gasteiger partial charge in [-0.05, 0) is 31.0 Å². The number of methoxy groups -OCH3 is 1. The van der Waals surface area contributed by atoms with Gasteiger partial charge in [0.15, 0.2) is 0 Å². The Kier molecular flexibility index (Phi) is 5.19. The molecule has 0 spiro atoms. The predicted octanol–water partition coefficient (Wildman–Crippen LogP) is 4.09. The second-order valence-electron chi connectivity index (χ2n) is 6.41. The highest BCUT2D eigenvalue weighted by molar-refractivity contribution is 5.80. The Hall–Kier alpha value is -3.56. The van der Waals surface area contributed by atoms with Crippen LogP contribution in [0.3, 0.4) is 0 Å². The van der Waals surface area contributed by atoms with Crippen LogP contribution in [-0.2, 0) is 6.18 Å². The first-order valence-corrected chi connectivity index (χ1v) is 8.49. The molecule has 152 valence electrons. The number of nitrogens with two attached hydrogens (primary N) is 2. The topological polar surface area (TPSA) is 112 Å². The van der Waals surface area contributed by atoms with Crippen molar-refractivity contribution in [3.8, 4) is 17.1 Å². The molecular weight excluding hydrogens is 385 g/mol. The van der Waals surface area contributed by atoms with E-state index in [2.05, 4.69) is 20.3 Å². The molecule has 0 fully saturated rings. The number of benzene rings is 1. The zero-order valence-electron chi connectivity index (χ0n) is 15.9. The zero-order chi connectivity index (χ0) is 21.3. The molecule has 2 heterocycles. The number of hydrogen-bond acceptors (Lipinski definition) is 7. The summed E-state index contributed by atoms with van der Waals surface area (Å²) in [4.78, 5) is 11.9. The molecule has 1 aromatic carbocycles. The maximum Gasteiger partial charge on any atom is 0.422 e. The van der Waals surface area contributed by atoms with Crippen LogP contribution in [-0.4, -0.2) is 22.1 Å². The van der Waals surface area contributed by atoms with E-state index in [-0.39, 0.29) is 17.2 Å². The largest absolute Gasteiger partial charge is 0.481 e. The molecule has 0 unspecified atom stereocenters. The zero-order valence-corrected chi connectivity index (χ0v) is 15.9. The van der Waals surface area contributed by atoms with Gasteiger partial charge < -0.3 is 21.5 Å². The van der Waals surface area contributed by atoms with Crippen LogP contribution in [0.15, 0.2) is 30.5 Å².